The number of sulfonamides is 1. The molecule has 0 radical (unpaired) electrons. The van der Waals surface area contributed by atoms with E-state index in [4.69, 9.17) is 14.7 Å². The van der Waals surface area contributed by atoms with Gasteiger partial charge in [0.05, 0.1) is 29.7 Å². The molecule has 0 aliphatic carbocycles. The molecule has 0 atom stereocenters. The molecule has 1 aliphatic heterocycles. The van der Waals surface area contributed by atoms with Gasteiger partial charge in [0.1, 0.15) is 6.61 Å². The highest BCUT2D eigenvalue weighted by Gasteiger charge is 2.26. The number of nitriles is 1. The molecule has 2 aromatic rings. The number of carbonyl (C=O) groups is 1. The molecular weight excluding hydrogens is 392 g/mol. The largest absolute Gasteiger partial charge is 0.458 e. The van der Waals surface area contributed by atoms with Gasteiger partial charge in [-0.1, -0.05) is 24.3 Å². The maximum absolute atomic E-state index is 12.7. The SMILES string of the molecule is N#Cc1ccc(/C=C/C(=O)OCc2cccc(S(=O)(=O)N3CCOCC3)c2)cc1. The van der Waals surface area contributed by atoms with Crippen molar-refractivity contribution in [2.24, 2.45) is 0 Å². The summed E-state index contributed by atoms with van der Waals surface area (Å²) in [4.78, 5) is 12.1. The fourth-order valence-electron chi connectivity index (χ4n) is 2.77. The summed E-state index contributed by atoms with van der Waals surface area (Å²) in [6.45, 7) is 1.36. The van der Waals surface area contributed by atoms with E-state index in [0.717, 1.165) is 5.56 Å². The van der Waals surface area contributed by atoms with Crippen molar-refractivity contribution in [3.05, 3.63) is 71.3 Å². The lowest BCUT2D eigenvalue weighted by atomic mass is 10.1. The Labute approximate surface area is 169 Å². The summed E-state index contributed by atoms with van der Waals surface area (Å²) in [5.41, 5.74) is 1.88. The highest BCUT2D eigenvalue weighted by Crippen LogP contribution is 2.19. The molecule has 1 aliphatic rings. The Kier molecular flexibility index (Phi) is 6.77. The van der Waals surface area contributed by atoms with Crippen molar-refractivity contribution in [2.75, 3.05) is 26.3 Å². The summed E-state index contributed by atoms with van der Waals surface area (Å²) in [6, 6.07) is 15.2. The van der Waals surface area contributed by atoms with E-state index in [2.05, 4.69) is 0 Å². The van der Waals surface area contributed by atoms with Crippen LogP contribution < -0.4 is 0 Å². The van der Waals surface area contributed by atoms with Crippen LogP contribution in [0.5, 0.6) is 0 Å². The number of ether oxygens (including phenoxy) is 2. The van der Waals surface area contributed by atoms with Crippen LogP contribution in [0, 0.1) is 11.3 Å². The molecule has 8 heteroatoms. The van der Waals surface area contributed by atoms with Crippen LogP contribution in [0.15, 0.2) is 59.5 Å². The molecule has 0 spiro atoms. The van der Waals surface area contributed by atoms with Gasteiger partial charge in [-0.25, -0.2) is 13.2 Å². The topological polar surface area (TPSA) is 96.7 Å². The minimum Gasteiger partial charge on any atom is -0.458 e. The predicted octanol–water partition coefficient (Wildman–Crippen LogP) is 2.34. The van der Waals surface area contributed by atoms with Crippen molar-refractivity contribution in [2.45, 2.75) is 11.5 Å². The minimum atomic E-state index is -3.60. The van der Waals surface area contributed by atoms with E-state index in [1.54, 1.807) is 42.5 Å². The summed E-state index contributed by atoms with van der Waals surface area (Å²) in [7, 11) is -3.60. The molecule has 0 bridgehead atoms. The highest BCUT2D eigenvalue weighted by atomic mass is 32.2. The lowest BCUT2D eigenvalue weighted by Gasteiger charge is -2.26. The average molecular weight is 412 g/mol. The van der Waals surface area contributed by atoms with E-state index < -0.39 is 16.0 Å². The normalized spacial score (nSPS) is 15.1. The quantitative estimate of drug-likeness (QED) is 0.534. The van der Waals surface area contributed by atoms with Crippen LogP contribution in [0.1, 0.15) is 16.7 Å². The van der Waals surface area contributed by atoms with Gasteiger partial charge in [-0.2, -0.15) is 9.57 Å². The first-order valence-electron chi connectivity index (χ1n) is 9.01. The smallest absolute Gasteiger partial charge is 0.331 e. The van der Waals surface area contributed by atoms with Gasteiger partial charge in [0.25, 0.3) is 0 Å². The summed E-state index contributed by atoms with van der Waals surface area (Å²) >= 11 is 0. The van der Waals surface area contributed by atoms with E-state index in [1.165, 1.54) is 22.5 Å². The number of rotatable bonds is 6. The van der Waals surface area contributed by atoms with Gasteiger partial charge < -0.3 is 9.47 Å². The molecule has 0 aromatic heterocycles. The van der Waals surface area contributed by atoms with Gasteiger partial charge in [-0.15, -0.1) is 0 Å². The number of morpholine rings is 1. The second kappa shape index (κ2) is 9.47. The second-order valence-corrected chi connectivity index (χ2v) is 8.28. The lowest BCUT2D eigenvalue weighted by molar-refractivity contribution is -0.138. The summed E-state index contributed by atoms with van der Waals surface area (Å²) in [5.74, 6) is -0.546. The zero-order chi connectivity index (χ0) is 20.7. The number of benzene rings is 2. The van der Waals surface area contributed by atoms with E-state index >= 15 is 0 Å². The number of hydrogen-bond acceptors (Lipinski definition) is 6. The Balaban J connectivity index is 1.60. The Morgan fingerprint density at radius 3 is 2.59 bits per heavy atom. The van der Waals surface area contributed by atoms with Crippen LogP contribution in [0.4, 0.5) is 0 Å². The Morgan fingerprint density at radius 2 is 1.90 bits per heavy atom. The van der Waals surface area contributed by atoms with Crippen molar-refractivity contribution < 1.29 is 22.7 Å². The Hall–Kier alpha value is -2.99. The van der Waals surface area contributed by atoms with E-state index in [-0.39, 0.29) is 11.5 Å². The van der Waals surface area contributed by atoms with Gasteiger partial charge in [0.15, 0.2) is 0 Å². The van der Waals surface area contributed by atoms with Crippen LogP contribution in [0.2, 0.25) is 0 Å². The van der Waals surface area contributed by atoms with Crippen LogP contribution >= 0.6 is 0 Å². The molecule has 2 aromatic carbocycles. The first kappa shape index (κ1) is 20.7. The van der Waals surface area contributed by atoms with Crippen molar-refractivity contribution >= 4 is 22.1 Å². The van der Waals surface area contributed by atoms with Gasteiger partial charge in [0.2, 0.25) is 10.0 Å². The molecule has 3 rings (SSSR count). The molecule has 1 saturated heterocycles. The predicted molar refractivity (Wildman–Crippen MR) is 106 cm³/mol. The first-order chi connectivity index (χ1) is 14.0. The van der Waals surface area contributed by atoms with E-state index in [9.17, 15) is 13.2 Å². The zero-order valence-electron chi connectivity index (χ0n) is 15.7. The second-order valence-electron chi connectivity index (χ2n) is 6.34. The van der Waals surface area contributed by atoms with Crippen LogP contribution in [0.3, 0.4) is 0 Å². The molecule has 0 amide bonds. The van der Waals surface area contributed by atoms with Crippen molar-refractivity contribution in [3.63, 3.8) is 0 Å². The molecule has 0 unspecified atom stereocenters. The average Bonchev–Trinajstić information content (AvgIpc) is 2.77. The zero-order valence-corrected chi connectivity index (χ0v) is 16.5. The number of hydrogen-bond donors (Lipinski definition) is 0. The van der Waals surface area contributed by atoms with Crippen molar-refractivity contribution in [3.8, 4) is 6.07 Å². The van der Waals surface area contributed by atoms with Gasteiger partial charge >= 0.3 is 5.97 Å². The Morgan fingerprint density at radius 1 is 1.17 bits per heavy atom. The lowest BCUT2D eigenvalue weighted by Crippen LogP contribution is -2.40. The Bertz CT molecular complexity index is 1030. The van der Waals surface area contributed by atoms with Gasteiger partial charge in [-0.3, -0.25) is 0 Å². The highest BCUT2D eigenvalue weighted by molar-refractivity contribution is 7.89. The molecule has 1 fully saturated rings. The van der Waals surface area contributed by atoms with Gasteiger partial charge in [0, 0.05) is 19.2 Å². The number of esters is 1. The van der Waals surface area contributed by atoms with Crippen LogP contribution in [-0.2, 0) is 30.9 Å². The number of carbonyl (C=O) groups excluding carboxylic acids is 1. The molecule has 29 heavy (non-hydrogen) atoms. The molecular formula is C21H20N2O5S. The molecule has 0 saturated carbocycles. The van der Waals surface area contributed by atoms with Crippen LogP contribution in [0.25, 0.3) is 6.08 Å². The number of nitrogens with zero attached hydrogens (tertiary/aromatic N) is 2. The standard InChI is InChI=1S/C21H20N2O5S/c22-15-18-6-4-17(5-7-18)8-9-21(24)28-16-19-2-1-3-20(14-19)29(25,26)23-10-12-27-13-11-23/h1-9,14H,10-13,16H2/b9-8+. The maximum Gasteiger partial charge on any atom is 0.331 e. The molecule has 1 heterocycles. The van der Waals surface area contributed by atoms with Crippen molar-refractivity contribution in [1.29, 1.82) is 5.26 Å². The van der Waals surface area contributed by atoms with E-state index in [1.807, 2.05) is 6.07 Å². The summed E-state index contributed by atoms with van der Waals surface area (Å²) in [5, 5.41) is 8.78. The third kappa shape index (κ3) is 5.51. The molecule has 150 valence electrons. The molecule has 7 nitrogen and oxygen atoms in total. The van der Waals surface area contributed by atoms with Crippen LogP contribution in [-0.4, -0.2) is 45.0 Å². The third-order valence-electron chi connectivity index (χ3n) is 4.34. The third-order valence-corrected chi connectivity index (χ3v) is 6.23. The first-order valence-corrected chi connectivity index (χ1v) is 10.4. The monoisotopic (exact) mass is 412 g/mol. The van der Waals surface area contributed by atoms with E-state index in [0.29, 0.717) is 37.4 Å². The van der Waals surface area contributed by atoms with Crippen molar-refractivity contribution in [1.82, 2.24) is 4.31 Å². The van der Waals surface area contributed by atoms with Gasteiger partial charge in [-0.05, 0) is 41.5 Å². The summed E-state index contributed by atoms with van der Waals surface area (Å²) in [6.07, 6.45) is 2.87. The maximum atomic E-state index is 12.7. The fourth-order valence-corrected chi connectivity index (χ4v) is 4.25. The summed E-state index contributed by atoms with van der Waals surface area (Å²) < 4.78 is 37.2. The molecule has 0 N–H and O–H groups in total. The minimum absolute atomic E-state index is 0.0387. The fraction of sp³-hybridized carbons (Fsp3) is 0.238.